The first-order chi connectivity index (χ1) is 15.5. The third-order valence-corrected chi connectivity index (χ3v) is 5.03. The first kappa shape index (κ1) is 23.0. The van der Waals surface area contributed by atoms with E-state index in [-0.39, 0.29) is 34.5 Å². The molecule has 1 fully saturated rings. The highest BCUT2D eigenvalue weighted by Crippen LogP contribution is 2.36. The summed E-state index contributed by atoms with van der Waals surface area (Å²) in [5.41, 5.74) is -1.48. The zero-order valence-electron chi connectivity index (χ0n) is 16.7. The number of aromatic nitrogens is 3. The van der Waals surface area contributed by atoms with Crippen LogP contribution in [0.4, 0.5) is 30.7 Å². The summed E-state index contributed by atoms with van der Waals surface area (Å²) in [6.45, 7) is -0.752. The Morgan fingerprint density at radius 3 is 2.36 bits per heavy atom. The molecule has 0 saturated carbocycles. The lowest BCUT2D eigenvalue weighted by atomic mass is 10.1. The van der Waals surface area contributed by atoms with Gasteiger partial charge in [-0.15, -0.1) is 0 Å². The van der Waals surface area contributed by atoms with Crippen molar-refractivity contribution in [3.05, 3.63) is 47.7 Å². The first-order valence-corrected chi connectivity index (χ1v) is 9.62. The number of carbonyl (C=O) groups is 1. The molecule has 1 aromatic carbocycles. The van der Waals surface area contributed by atoms with E-state index in [0.29, 0.717) is 13.2 Å². The summed E-state index contributed by atoms with van der Waals surface area (Å²) in [6.07, 6.45) is -9.09. The molecule has 0 radical (unpaired) electrons. The quantitative estimate of drug-likeness (QED) is 0.530. The van der Waals surface area contributed by atoms with Crippen molar-refractivity contribution in [2.24, 2.45) is 0 Å². The zero-order chi connectivity index (χ0) is 24.0. The van der Waals surface area contributed by atoms with E-state index in [0.717, 1.165) is 24.4 Å². The molecule has 1 amide bonds. The molecular formula is C20H15F7N4O2. The second-order valence-electron chi connectivity index (χ2n) is 7.26. The van der Waals surface area contributed by atoms with Gasteiger partial charge in [0.2, 0.25) is 5.82 Å². The van der Waals surface area contributed by atoms with Gasteiger partial charge in [0.25, 0.3) is 5.91 Å². The van der Waals surface area contributed by atoms with Crippen LogP contribution in [0.3, 0.4) is 0 Å². The maximum absolute atomic E-state index is 14.8. The monoisotopic (exact) mass is 476 g/mol. The Morgan fingerprint density at radius 2 is 1.76 bits per heavy atom. The lowest BCUT2D eigenvalue weighted by Gasteiger charge is -2.27. The number of alkyl halides is 6. The molecule has 0 unspecified atom stereocenters. The SMILES string of the molecule is O=C(c1ccc(-c2nccc3c2nc(C(F)(F)F)n3CC(F)(F)F)cc1F)N1CCOCC1. The normalized spacial score (nSPS) is 15.3. The van der Waals surface area contributed by atoms with Crippen molar-refractivity contribution < 1.29 is 40.3 Å². The summed E-state index contributed by atoms with van der Waals surface area (Å²) in [6, 6.07) is 4.28. The number of benzene rings is 1. The molecule has 2 aromatic heterocycles. The molecule has 4 rings (SSSR count). The minimum atomic E-state index is -5.17. The smallest absolute Gasteiger partial charge is 0.378 e. The number of carbonyl (C=O) groups excluding carboxylic acids is 1. The number of rotatable bonds is 3. The van der Waals surface area contributed by atoms with E-state index < -0.39 is 47.5 Å². The third kappa shape index (κ3) is 4.63. The second kappa shape index (κ2) is 8.28. The van der Waals surface area contributed by atoms with Crippen LogP contribution in [-0.4, -0.2) is 57.8 Å². The van der Waals surface area contributed by atoms with Crippen molar-refractivity contribution in [3.63, 3.8) is 0 Å². The second-order valence-corrected chi connectivity index (χ2v) is 7.26. The highest BCUT2D eigenvalue weighted by molar-refractivity contribution is 5.96. The van der Waals surface area contributed by atoms with Crippen LogP contribution >= 0.6 is 0 Å². The van der Waals surface area contributed by atoms with Crippen LogP contribution in [0.2, 0.25) is 0 Å². The molecule has 1 aliphatic rings. The average molecular weight is 476 g/mol. The summed E-state index contributed by atoms with van der Waals surface area (Å²) in [7, 11) is 0. The largest absolute Gasteiger partial charge is 0.449 e. The fourth-order valence-corrected chi connectivity index (χ4v) is 3.59. The molecule has 33 heavy (non-hydrogen) atoms. The Hall–Kier alpha value is -3.22. The zero-order valence-corrected chi connectivity index (χ0v) is 16.7. The molecular weight excluding hydrogens is 461 g/mol. The van der Waals surface area contributed by atoms with Gasteiger partial charge in [-0.25, -0.2) is 9.37 Å². The Bertz CT molecular complexity index is 1200. The predicted octanol–water partition coefficient (Wildman–Crippen LogP) is 4.29. The average Bonchev–Trinajstić information content (AvgIpc) is 3.11. The van der Waals surface area contributed by atoms with E-state index >= 15 is 0 Å². The number of hydrogen-bond acceptors (Lipinski definition) is 4. The summed E-state index contributed by atoms with van der Waals surface area (Å²) in [5.74, 6) is -3.28. The van der Waals surface area contributed by atoms with E-state index in [1.54, 1.807) is 0 Å². The minimum Gasteiger partial charge on any atom is -0.378 e. The Labute approximate surface area is 181 Å². The predicted molar refractivity (Wildman–Crippen MR) is 101 cm³/mol. The maximum atomic E-state index is 14.8. The third-order valence-electron chi connectivity index (χ3n) is 5.03. The molecule has 0 N–H and O–H groups in total. The molecule has 0 spiro atoms. The summed E-state index contributed by atoms with van der Waals surface area (Å²) in [5, 5.41) is 0. The van der Waals surface area contributed by atoms with Crippen LogP contribution in [0, 0.1) is 5.82 Å². The van der Waals surface area contributed by atoms with Gasteiger partial charge in [0.05, 0.1) is 30.0 Å². The molecule has 3 heterocycles. The molecule has 0 atom stereocenters. The van der Waals surface area contributed by atoms with E-state index in [1.165, 1.54) is 11.0 Å². The van der Waals surface area contributed by atoms with Gasteiger partial charge in [0, 0.05) is 24.8 Å². The van der Waals surface area contributed by atoms with E-state index in [1.807, 2.05) is 0 Å². The number of ether oxygens (including phenoxy) is 1. The number of pyridine rings is 1. The summed E-state index contributed by atoms with van der Waals surface area (Å²) < 4.78 is 98.9. The fourth-order valence-electron chi connectivity index (χ4n) is 3.59. The lowest BCUT2D eigenvalue weighted by Crippen LogP contribution is -2.41. The molecule has 0 bridgehead atoms. The van der Waals surface area contributed by atoms with Gasteiger partial charge in [-0.3, -0.25) is 9.78 Å². The van der Waals surface area contributed by atoms with Crippen molar-refractivity contribution in [1.82, 2.24) is 19.4 Å². The first-order valence-electron chi connectivity index (χ1n) is 9.62. The van der Waals surface area contributed by atoms with E-state index in [9.17, 15) is 35.5 Å². The van der Waals surface area contributed by atoms with Gasteiger partial charge >= 0.3 is 12.4 Å². The molecule has 1 saturated heterocycles. The van der Waals surface area contributed by atoms with Gasteiger partial charge < -0.3 is 14.2 Å². The van der Waals surface area contributed by atoms with Crippen molar-refractivity contribution >= 4 is 16.9 Å². The number of amides is 1. The van der Waals surface area contributed by atoms with Crippen molar-refractivity contribution in [2.45, 2.75) is 18.9 Å². The highest BCUT2D eigenvalue weighted by Gasteiger charge is 2.41. The van der Waals surface area contributed by atoms with Crippen molar-refractivity contribution in [3.8, 4) is 11.3 Å². The number of nitrogens with zero attached hydrogens (tertiary/aromatic N) is 4. The minimum absolute atomic E-state index is 0.00714. The maximum Gasteiger partial charge on any atom is 0.449 e. The van der Waals surface area contributed by atoms with Crippen LogP contribution in [-0.2, 0) is 17.5 Å². The highest BCUT2D eigenvalue weighted by atomic mass is 19.4. The van der Waals surface area contributed by atoms with Gasteiger partial charge in [-0.05, 0) is 18.2 Å². The molecule has 13 heteroatoms. The van der Waals surface area contributed by atoms with Gasteiger partial charge in [-0.1, -0.05) is 6.07 Å². The molecule has 3 aromatic rings. The number of hydrogen-bond donors (Lipinski definition) is 0. The van der Waals surface area contributed by atoms with E-state index in [2.05, 4.69) is 9.97 Å². The van der Waals surface area contributed by atoms with Gasteiger partial charge in [0.1, 0.15) is 17.9 Å². The van der Waals surface area contributed by atoms with E-state index in [4.69, 9.17) is 4.74 Å². The molecule has 176 valence electrons. The van der Waals surface area contributed by atoms with Gasteiger partial charge in [0.15, 0.2) is 0 Å². The fraction of sp³-hybridized carbons (Fsp3) is 0.350. The van der Waals surface area contributed by atoms with Gasteiger partial charge in [-0.2, -0.15) is 26.3 Å². The lowest BCUT2D eigenvalue weighted by molar-refractivity contribution is -0.160. The Morgan fingerprint density at radius 1 is 1.06 bits per heavy atom. The van der Waals surface area contributed by atoms with Crippen LogP contribution in [0.1, 0.15) is 16.2 Å². The Kier molecular flexibility index (Phi) is 5.76. The van der Waals surface area contributed by atoms with Crippen molar-refractivity contribution in [1.29, 1.82) is 0 Å². The van der Waals surface area contributed by atoms with Crippen molar-refractivity contribution in [2.75, 3.05) is 26.3 Å². The molecule has 0 aliphatic carbocycles. The topological polar surface area (TPSA) is 60.2 Å². The standard InChI is InChI=1S/C20H15F7N4O2/c21-13-9-11(1-2-12(13)17(32)30-5-7-33-8-6-30)15-16-14(3-4-28-15)31(10-19(22,23)24)18(29-16)20(25,26)27/h1-4,9H,5-8,10H2. The van der Waals surface area contributed by atoms with Crippen LogP contribution in [0.15, 0.2) is 30.5 Å². The number of halogens is 7. The molecule has 6 nitrogen and oxygen atoms in total. The number of imidazole rings is 1. The van der Waals surface area contributed by atoms with Crippen LogP contribution in [0.25, 0.3) is 22.3 Å². The Balaban J connectivity index is 1.79. The van der Waals surface area contributed by atoms with Crippen LogP contribution < -0.4 is 0 Å². The molecule has 1 aliphatic heterocycles. The summed E-state index contributed by atoms with van der Waals surface area (Å²) >= 11 is 0. The number of morpholine rings is 1. The van der Waals surface area contributed by atoms with Crippen LogP contribution in [0.5, 0.6) is 0 Å². The summed E-state index contributed by atoms with van der Waals surface area (Å²) in [4.78, 5) is 21.2. The number of fused-ring (bicyclic) bond motifs is 1.